The van der Waals surface area contributed by atoms with Gasteiger partial charge in [0.25, 0.3) is 0 Å². The van der Waals surface area contributed by atoms with Crippen LogP contribution in [0.5, 0.6) is 0 Å². The first-order valence-electron chi connectivity index (χ1n) is 5.65. The van der Waals surface area contributed by atoms with Crippen molar-refractivity contribution in [2.45, 2.75) is 26.2 Å². The molecule has 2 aliphatic carbocycles. The number of ether oxygens (including phenoxy) is 1. The summed E-state index contributed by atoms with van der Waals surface area (Å²) in [5.41, 5.74) is 0.625. The predicted molar refractivity (Wildman–Crippen MR) is 56.8 cm³/mol. The van der Waals surface area contributed by atoms with E-state index in [0.717, 1.165) is 26.2 Å². The fourth-order valence-electron chi connectivity index (χ4n) is 2.79. The zero-order chi connectivity index (χ0) is 12.6. The van der Waals surface area contributed by atoms with Crippen LogP contribution in [0.4, 0.5) is 0 Å². The van der Waals surface area contributed by atoms with E-state index in [0.29, 0.717) is 11.5 Å². The van der Waals surface area contributed by atoms with Crippen LogP contribution in [0.3, 0.4) is 0 Å². The highest BCUT2D eigenvalue weighted by atomic mass is 16.6. The zero-order valence-corrected chi connectivity index (χ0v) is 9.51. The molecule has 2 aliphatic rings. The van der Waals surface area contributed by atoms with E-state index in [9.17, 15) is 14.4 Å². The summed E-state index contributed by atoms with van der Waals surface area (Å²) in [6.45, 7) is 1.09. The second-order valence-electron chi connectivity index (χ2n) is 4.62. The van der Waals surface area contributed by atoms with Crippen molar-refractivity contribution in [1.29, 1.82) is 0 Å². The maximum absolute atomic E-state index is 11.6. The van der Waals surface area contributed by atoms with E-state index in [1.165, 1.54) is 0 Å². The van der Waals surface area contributed by atoms with Crippen molar-refractivity contribution >= 4 is 17.9 Å². The molecule has 0 spiro atoms. The molecule has 0 heterocycles. The number of fused-ring (bicyclic) bond motifs is 2. The van der Waals surface area contributed by atoms with Gasteiger partial charge in [-0.05, 0) is 36.7 Å². The number of carbonyl (C=O) groups excluding carboxylic acids is 2. The van der Waals surface area contributed by atoms with Gasteiger partial charge in [-0.2, -0.15) is 0 Å². The van der Waals surface area contributed by atoms with Gasteiger partial charge in [-0.25, -0.2) is 0 Å². The minimum absolute atomic E-state index is 0.167. The average Bonchev–Trinajstić information content (AvgIpc) is 2.77. The summed E-state index contributed by atoms with van der Waals surface area (Å²) < 4.78 is 4.39. The van der Waals surface area contributed by atoms with Crippen molar-refractivity contribution in [3.8, 4) is 0 Å². The Kier molecular flexibility index (Phi) is 3.00. The SMILES string of the molecule is CC(=O)OC(=O)C(C(=O)O)C1=CC2CCC1C2. The molecule has 1 fully saturated rings. The van der Waals surface area contributed by atoms with Gasteiger partial charge in [0, 0.05) is 6.92 Å². The Morgan fingerprint density at radius 2 is 2.12 bits per heavy atom. The summed E-state index contributed by atoms with van der Waals surface area (Å²) in [6, 6.07) is 0. The summed E-state index contributed by atoms with van der Waals surface area (Å²) in [5, 5.41) is 9.09. The molecule has 5 heteroatoms. The highest BCUT2D eigenvalue weighted by Crippen LogP contribution is 2.46. The van der Waals surface area contributed by atoms with E-state index in [4.69, 9.17) is 5.11 Å². The molecule has 0 aromatic rings. The quantitative estimate of drug-likeness (QED) is 0.453. The molecule has 0 saturated heterocycles. The Morgan fingerprint density at radius 3 is 2.53 bits per heavy atom. The molecular formula is C12H14O5. The van der Waals surface area contributed by atoms with Gasteiger partial charge in [0.1, 0.15) is 0 Å². The topological polar surface area (TPSA) is 80.7 Å². The number of aliphatic carboxylic acids is 1. The van der Waals surface area contributed by atoms with Crippen LogP contribution in [-0.2, 0) is 19.1 Å². The standard InChI is InChI=1S/C12H14O5/c1-6(13)17-12(16)10(11(14)15)9-5-7-2-3-8(9)4-7/h5,7-8,10H,2-4H2,1H3,(H,14,15). The number of hydrogen-bond acceptors (Lipinski definition) is 4. The van der Waals surface area contributed by atoms with Gasteiger partial charge in [0.15, 0.2) is 5.92 Å². The second kappa shape index (κ2) is 4.31. The molecule has 92 valence electrons. The lowest BCUT2D eigenvalue weighted by Crippen LogP contribution is -2.30. The molecule has 0 aromatic carbocycles. The number of allylic oxidation sites excluding steroid dienone is 1. The van der Waals surface area contributed by atoms with E-state index >= 15 is 0 Å². The van der Waals surface area contributed by atoms with Crippen LogP contribution < -0.4 is 0 Å². The van der Waals surface area contributed by atoms with Crippen LogP contribution in [0.15, 0.2) is 11.6 Å². The molecule has 3 atom stereocenters. The summed E-state index contributed by atoms with van der Waals surface area (Å²) in [4.78, 5) is 33.4. The lowest BCUT2D eigenvalue weighted by molar-refractivity contribution is -0.164. The minimum atomic E-state index is -1.31. The summed E-state index contributed by atoms with van der Waals surface area (Å²) in [6.07, 6.45) is 4.77. The van der Waals surface area contributed by atoms with Crippen molar-refractivity contribution in [3.05, 3.63) is 11.6 Å². The number of hydrogen-bond donors (Lipinski definition) is 1. The number of carbonyl (C=O) groups is 3. The molecule has 1 saturated carbocycles. The number of esters is 2. The fraction of sp³-hybridized carbons (Fsp3) is 0.583. The normalized spacial score (nSPS) is 27.5. The van der Waals surface area contributed by atoms with Gasteiger partial charge < -0.3 is 9.84 Å². The van der Waals surface area contributed by atoms with Gasteiger partial charge >= 0.3 is 17.9 Å². The minimum Gasteiger partial charge on any atom is -0.480 e. The van der Waals surface area contributed by atoms with Crippen LogP contribution in [0, 0.1) is 17.8 Å². The summed E-state index contributed by atoms with van der Waals surface area (Å²) in [7, 11) is 0. The van der Waals surface area contributed by atoms with E-state index in [2.05, 4.69) is 4.74 Å². The molecule has 0 amide bonds. The summed E-state index contributed by atoms with van der Waals surface area (Å²) >= 11 is 0. The van der Waals surface area contributed by atoms with Gasteiger partial charge in [-0.3, -0.25) is 14.4 Å². The van der Waals surface area contributed by atoms with Crippen molar-refractivity contribution in [3.63, 3.8) is 0 Å². The van der Waals surface area contributed by atoms with Crippen molar-refractivity contribution in [2.24, 2.45) is 17.8 Å². The number of carboxylic acids is 1. The first-order chi connectivity index (χ1) is 7.99. The number of rotatable bonds is 3. The fourth-order valence-corrected chi connectivity index (χ4v) is 2.79. The van der Waals surface area contributed by atoms with Gasteiger partial charge in [0.05, 0.1) is 0 Å². The molecular weight excluding hydrogens is 224 g/mol. The third kappa shape index (κ3) is 2.23. The average molecular weight is 238 g/mol. The maximum atomic E-state index is 11.6. The Balaban J connectivity index is 2.19. The Bertz CT molecular complexity index is 409. The highest BCUT2D eigenvalue weighted by molar-refractivity contribution is 6.01. The lowest BCUT2D eigenvalue weighted by atomic mass is 9.87. The molecule has 5 nitrogen and oxygen atoms in total. The van der Waals surface area contributed by atoms with Crippen LogP contribution in [0.1, 0.15) is 26.2 Å². The van der Waals surface area contributed by atoms with Crippen molar-refractivity contribution < 1.29 is 24.2 Å². The third-order valence-electron chi connectivity index (χ3n) is 3.43. The predicted octanol–water partition coefficient (Wildman–Crippen LogP) is 1.13. The lowest BCUT2D eigenvalue weighted by Gasteiger charge is -2.18. The van der Waals surface area contributed by atoms with Crippen LogP contribution in [0.2, 0.25) is 0 Å². The van der Waals surface area contributed by atoms with Gasteiger partial charge in [0.2, 0.25) is 0 Å². The van der Waals surface area contributed by atoms with E-state index in [-0.39, 0.29) is 5.92 Å². The first-order valence-corrected chi connectivity index (χ1v) is 5.65. The highest BCUT2D eigenvalue weighted by Gasteiger charge is 2.43. The molecule has 0 aromatic heterocycles. The first kappa shape index (κ1) is 11.8. The molecule has 17 heavy (non-hydrogen) atoms. The zero-order valence-electron chi connectivity index (χ0n) is 9.51. The van der Waals surface area contributed by atoms with E-state index < -0.39 is 23.8 Å². The molecule has 0 aliphatic heterocycles. The molecule has 1 N–H and O–H groups in total. The second-order valence-corrected chi connectivity index (χ2v) is 4.62. The van der Waals surface area contributed by atoms with Crippen molar-refractivity contribution in [1.82, 2.24) is 0 Å². The summed E-state index contributed by atoms with van der Waals surface area (Å²) in [5.74, 6) is -3.74. The van der Waals surface area contributed by atoms with Gasteiger partial charge in [-0.1, -0.05) is 6.08 Å². The maximum Gasteiger partial charge on any atom is 0.332 e. The van der Waals surface area contributed by atoms with Crippen LogP contribution in [0.25, 0.3) is 0 Å². The van der Waals surface area contributed by atoms with Crippen LogP contribution >= 0.6 is 0 Å². The van der Waals surface area contributed by atoms with Crippen LogP contribution in [-0.4, -0.2) is 23.0 Å². The molecule has 3 unspecified atom stereocenters. The molecule has 0 radical (unpaired) electrons. The van der Waals surface area contributed by atoms with Gasteiger partial charge in [-0.15, -0.1) is 0 Å². The Labute approximate surface area is 98.4 Å². The van der Waals surface area contributed by atoms with Crippen molar-refractivity contribution in [2.75, 3.05) is 0 Å². The third-order valence-corrected chi connectivity index (χ3v) is 3.43. The Morgan fingerprint density at radius 1 is 1.41 bits per heavy atom. The molecule has 2 bridgehead atoms. The van der Waals surface area contributed by atoms with E-state index in [1.807, 2.05) is 6.08 Å². The van der Waals surface area contributed by atoms with E-state index in [1.54, 1.807) is 0 Å². The molecule has 2 rings (SSSR count). The Hall–Kier alpha value is -1.65. The smallest absolute Gasteiger partial charge is 0.332 e. The number of carboxylic acid groups (broad SMARTS) is 1. The largest absolute Gasteiger partial charge is 0.480 e. The monoisotopic (exact) mass is 238 g/mol.